The highest BCUT2D eigenvalue weighted by molar-refractivity contribution is 5.92. The molecule has 2 aliphatic rings. The molecule has 1 atom stereocenters. The Morgan fingerprint density at radius 1 is 1.36 bits per heavy atom. The largest absolute Gasteiger partial charge is 0.438 e. The summed E-state index contributed by atoms with van der Waals surface area (Å²) in [6.45, 7) is 3.09. The minimum atomic E-state index is -0.161. The van der Waals surface area contributed by atoms with E-state index in [1.165, 1.54) is 19.2 Å². The third-order valence-corrected chi connectivity index (χ3v) is 5.32. The number of fused-ring (bicyclic) bond motifs is 1. The van der Waals surface area contributed by atoms with Gasteiger partial charge in [0.1, 0.15) is 5.82 Å². The fourth-order valence-electron chi connectivity index (χ4n) is 3.50. The number of hydrogen-bond donors (Lipinski definition) is 0. The van der Waals surface area contributed by atoms with E-state index >= 15 is 0 Å². The molecule has 8 nitrogen and oxygen atoms in total. The number of hydrogen-bond acceptors (Lipinski definition) is 5. The summed E-state index contributed by atoms with van der Waals surface area (Å²) in [6.07, 6.45) is 5.91. The minimum Gasteiger partial charge on any atom is -0.438 e. The molecule has 1 aliphatic heterocycles. The van der Waals surface area contributed by atoms with E-state index < -0.39 is 0 Å². The molecule has 0 spiro atoms. The highest BCUT2D eigenvalue weighted by Gasteiger charge is 2.29. The molecular formula is C17H23N5O3. The number of aromatic nitrogens is 4. The first-order chi connectivity index (χ1) is 12.0. The van der Waals surface area contributed by atoms with Gasteiger partial charge >= 0.3 is 5.69 Å². The number of carbonyl (C=O) groups excluding carboxylic acids is 1. The van der Waals surface area contributed by atoms with Crippen LogP contribution >= 0.6 is 0 Å². The van der Waals surface area contributed by atoms with Crippen molar-refractivity contribution >= 4 is 5.91 Å². The predicted octanol–water partition coefficient (Wildman–Crippen LogP) is 1.23. The summed E-state index contributed by atoms with van der Waals surface area (Å²) in [6, 6.07) is 0.0509. The van der Waals surface area contributed by atoms with Gasteiger partial charge in [-0.2, -0.15) is 5.10 Å². The van der Waals surface area contributed by atoms with Crippen LogP contribution in [-0.2, 0) is 19.5 Å². The highest BCUT2D eigenvalue weighted by atomic mass is 16.3. The maximum absolute atomic E-state index is 12.6. The fourth-order valence-corrected chi connectivity index (χ4v) is 3.50. The molecule has 0 saturated heterocycles. The Bertz CT molecular complexity index is 845. The second kappa shape index (κ2) is 6.16. The molecule has 3 heterocycles. The lowest BCUT2D eigenvalue weighted by Crippen LogP contribution is -2.38. The topological polar surface area (TPSA) is 86.2 Å². The maximum Gasteiger partial charge on any atom is 0.345 e. The summed E-state index contributed by atoms with van der Waals surface area (Å²) in [5.74, 6) is 1.59. The van der Waals surface area contributed by atoms with E-state index in [2.05, 4.69) is 10.1 Å². The van der Waals surface area contributed by atoms with E-state index in [0.29, 0.717) is 24.6 Å². The first-order valence-corrected chi connectivity index (χ1v) is 8.88. The van der Waals surface area contributed by atoms with E-state index in [4.69, 9.17) is 4.42 Å². The average Bonchev–Trinajstić information content (AvgIpc) is 3.29. The van der Waals surface area contributed by atoms with Crippen molar-refractivity contribution in [2.24, 2.45) is 5.92 Å². The molecule has 1 aliphatic carbocycles. The molecule has 25 heavy (non-hydrogen) atoms. The van der Waals surface area contributed by atoms with Gasteiger partial charge in [-0.05, 0) is 38.5 Å². The molecule has 4 rings (SSSR count). The number of aryl methyl sites for hydroxylation is 2. The number of nitrogens with zero attached hydrogens (tertiary/aromatic N) is 5. The zero-order valence-electron chi connectivity index (χ0n) is 14.6. The van der Waals surface area contributed by atoms with Gasteiger partial charge in [-0.3, -0.25) is 9.36 Å². The number of carbonyl (C=O) groups is 1. The fraction of sp³-hybridized carbons (Fsp3) is 0.647. The number of amides is 1. The van der Waals surface area contributed by atoms with Gasteiger partial charge in [0.25, 0.3) is 5.91 Å². The molecule has 0 radical (unpaired) electrons. The van der Waals surface area contributed by atoms with Crippen LogP contribution in [0.25, 0.3) is 0 Å². The predicted molar refractivity (Wildman–Crippen MR) is 89.3 cm³/mol. The van der Waals surface area contributed by atoms with E-state index in [1.54, 1.807) is 28.1 Å². The summed E-state index contributed by atoms with van der Waals surface area (Å²) in [5.41, 5.74) is 0.587. The van der Waals surface area contributed by atoms with Crippen molar-refractivity contribution in [2.75, 3.05) is 7.05 Å². The zero-order valence-corrected chi connectivity index (χ0v) is 14.6. The summed E-state index contributed by atoms with van der Waals surface area (Å²) in [4.78, 5) is 30.8. The van der Waals surface area contributed by atoms with Crippen molar-refractivity contribution < 1.29 is 9.21 Å². The molecular weight excluding hydrogens is 322 g/mol. The van der Waals surface area contributed by atoms with Gasteiger partial charge in [0.15, 0.2) is 6.39 Å². The third kappa shape index (κ3) is 3.01. The van der Waals surface area contributed by atoms with Crippen LogP contribution in [0, 0.1) is 12.8 Å². The van der Waals surface area contributed by atoms with Gasteiger partial charge in [-0.1, -0.05) is 0 Å². The van der Waals surface area contributed by atoms with Crippen molar-refractivity contribution in [1.29, 1.82) is 0 Å². The second-order valence-electron chi connectivity index (χ2n) is 7.14. The third-order valence-electron chi connectivity index (χ3n) is 5.32. The van der Waals surface area contributed by atoms with Gasteiger partial charge in [0, 0.05) is 32.6 Å². The second-order valence-corrected chi connectivity index (χ2v) is 7.14. The molecule has 1 fully saturated rings. The van der Waals surface area contributed by atoms with Crippen molar-refractivity contribution in [3.8, 4) is 0 Å². The molecule has 8 heteroatoms. The molecule has 0 aromatic carbocycles. The SMILES string of the molecule is Cc1ncoc1C(=O)N(C)C1CCc2nn(CC3CC3)c(=O)n2CC1. The molecule has 0 bridgehead atoms. The Kier molecular flexibility index (Phi) is 3.97. The van der Waals surface area contributed by atoms with Gasteiger partial charge in [-0.15, -0.1) is 0 Å². The molecule has 2 aromatic heterocycles. The van der Waals surface area contributed by atoms with Gasteiger partial charge in [0.2, 0.25) is 5.76 Å². The summed E-state index contributed by atoms with van der Waals surface area (Å²) in [7, 11) is 1.79. The maximum atomic E-state index is 12.6. The summed E-state index contributed by atoms with van der Waals surface area (Å²) < 4.78 is 8.62. The molecule has 134 valence electrons. The number of rotatable bonds is 4. The molecule has 2 aromatic rings. The van der Waals surface area contributed by atoms with Crippen LogP contribution in [0.2, 0.25) is 0 Å². The van der Waals surface area contributed by atoms with Gasteiger partial charge in [0.05, 0.1) is 5.69 Å². The van der Waals surface area contributed by atoms with E-state index in [1.807, 2.05) is 0 Å². The lowest BCUT2D eigenvalue weighted by atomic mass is 10.1. The summed E-state index contributed by atoms with van der Waals surface area (Å²) >= 11 is 0. The van der Waals surface area contributed by atoms with E-state index in [-0.39, 0.29) is 23.4 Å². The van der Waals surface area contributed by atoms with Crippen LogP contribution in [-0.4, -0.2) is 43.2 Å². The van der Waals surface area contributed by atoms with Gasteiger partial charge in [-0.25, -0.2) is 14.5 Å². The van der Waals surface area contributed by atoms with Crippen LogP contribution in [0.1, 0.15) is 47.8 Å². The lowest BCUT2D eigenvalue weighted by molar-refractivity contribution is 0.0682. The van der Waals surface area contributed by atoms with Crippen LogP contribution in [0.15, 0.2) is 15.6 Å². The van der Waals surface area contributed by atoms with Gasteiger partial charge < -0.3 is 9.32 Å². The Morgan fingerprint density at radius 3 is 2.84 bits per heavy atom. The summed E-state index contributed by atoms with van der Waals surface area (Å²) in [5, 5.41) is 4.53. The standard InChI is InChI=1S/C17H23N5O3/c1-11-15(25-10-18-11)16(23)20(2)13-5-6-14-19-22(9-12-3-4-12)17(24)21(14)8-7-13/h10,12-13H,3-9H2,1-2H3. The lowest BCUT2D eigenvalue weighted by Gasteiger charge is -2.26. The smallest absolute Gasteiger partial charge is 0.345 e. The monoisotopic (exact) mass is 345 g/mol. The Morgan fingerprint density at radius 2 is 2.16 bits per heavy atom. The quantitative estimate of drug-likeness (QED) is 0.832. The Hall–Kier alpha value is -2.38. The van der Waals surface area contributed by atoms with Crippen molar-refractivity contribution in [1.82, 2.24) is 24.2 Å². The molecule has 0 N–H and O–H groups in total. The first-order valence-electron chi connectivity index (χ1n) is 8.88. The number of oxazole rings is 1. The van der Waals surface area contributed by atoms with E-state index in [9.17, 15) is 9.59 Å². The first kappa shape index (κ1) is 16.1. The molecule has 1 unspecified atom stereocenters. The highest BCUT2D eigenvalue weighted by Crippen LogP contribution is 2.30. The van der Waals surface area contributed by atoms with E-state index in [0.717, 1.165) is 25.2 Å². The van der Waals surface area contributed by atoms with Crippen LogP contribution in [0.5, 0.6) is 0 Å². The molecule has 1 amide bonds. The van der Waals surface area contributed by atoms with Crippen LogP contribution in [0.4, 0.5) is 0 Å². The van der Waals surface area contributed by atoms with Crippen LogP contribution in [0.3, 0.4) is 0 Å². The zero-order chi connectivity index (χ0) is 17.6. The van der Waals surface area contributed by atoms with Crippen LogP contribution < -0.4 is 5.69 Å². The average molecular weight is 345 g/mol. The molecule has 1 saturated carbocycles. The van der Waals surface area contributed by atoms with Crippen molar-refractivity contribution in [2.45, 2.75) is 58.2 Å². The minimum absolute atomic E-state index is 0.0115. The van der Waals surface area contributed by atoms with Crippen molar-refractivity contribution in [3.05, 3.63) is 34.2 Å². The Labute approximate surface area is 145 Å². The Balaban J connectivity index is 1.47. The van der Waals surface area contributed by atoms with Crippen molar-refractivity contribution in [3.63, 3.8) is 0 Å². The normalized spacial score (nSPS) is 20.2.